The summed E-state index contributed by atoms with van der Waals surface area (Å²) in [4.78, 5) is 32.5. The van der Waals surface area contributed by atoms with E-state index in [0.29, 0.717) is 42.5 Å². The number of rotatable bonds is 9. The van der Waals surface area contributed by atoms with Crippen molar-refractivity contribution in [2.24, 2.45) is 11.8 Å². The average Bonchev–Trinajstić information content (AvgIpc) is 3.51. The fourth-order valence-electron chi connectivity index (χ4n) is 7.34. The number of benzene rings is 1. The van der Waals surface area contributed by atoms with E-state index in [9.17, 15) is 22.4 Å². The summed E-state index contributed by atoms with van der Waals surface area (Å²) in [5, 5.41) is 9.26. The van der Waals surface area contributed by atoms with Gasteiger partial charge < -0.3 is 0 Å². The van der Waals surface area contributed by atoms with Crippen molar-refractivity contribution in [3.63, 3.8) is 0 Å². The van der Waals surface area contributed by atoms with Crippen LogP contribution in [-0.2, 0) is 23.1 Å². The van der Waals surface area contributed by atoms with Crippen LogP contribution in [0.5, 0.6) is 0 Å². The van der Waals surface area contributed by atoms with E-state index in [1.165, 1.54) is 72.3 Å². The van der Waals surface area contributed by atoms with E-state index in [0.717, 1.165) is 12.8 Å². The average molecular weight is 645 g/mol. The molecule has 0 radical (unpaired) electrons. The van der Waals surface area contributed by atoms with E-state index < -0.39 is 33.5 Å². The van der Waals surface area contributed by atoms with E-state index in [1.807, 2.05) is 7.05 Å². The molecule has 0 bridgehead atoms. The van der Waals surface area contributed by atoms with Crippen molar-refractivity contribution < 1.29 is 12.8 Å². The van der Waals surface area contributed by atoms with Gasteiger partial charge in [-0.15, -0.1) is 0 Å². The number of fused-ring (bicyclic) bond motifs is 1. The molecule has 6 rings (SSSR count). The zero-order chi connectivity index (χ0) is 31.8. The quantitative estimate of drug-likeness (QED) is 0.322. The standard InChI is InChI=1S/C31H45FN8O4S/c1-21-34-27(36-35-21)19-39-26-13-12-24(45(43,44)37-31(20-32)14-15-31)16-25(26)29(41)40(30(39)42)18-23-17-33-38(2)28(23)22-10-8-6-4-3-5-7-9-11-22/h12-13,16,22-23,28,33,37H,3-11,14-15,17-20H2,1-2H3,(H,34,35,36). The van der Waals surface area contributed by atoms with Gasteiger partial charge in [0.1, 0.15) is 12.5 Å². The second kappa shape index (κ2) is 13.0. The van der Waals surface area contributed by atoms with Crippen molar-refractivity contribution >= 4 is 20.9 Å². The van der Waals surface area contributed by atoms with E-state index in [4.69, 9.17) is 0 Å². The molecule has 0 spiro atoms. The maximum atomic E-state index is 14.1. The lowest BCUT2D eigenvalue weighted by molar-refractivity contribution is 0.130. The largest absolute Gasteiger partial charge is 0.331 e. The van der Waals surface area contributed by atoms with E-state index in [1.54, 1.807) is 6.92 Å². The maximum absolute atomic E-state index is 14.1. The number of aromatic amines is 1. The molecular formula is C31H45FN8O4S. The Kier molecular flexibility index (Phi) is 9.28. The third-order valence-corrected chi connectivity index (χ3v) is 11.6. The van der Waals surface area contributed by atoms with Gasteiger partial charge in [-0.2, -0.15) is 5.10 Å². The number of nitrogens with zero attached hydrogens (tertiary/aromatic N) is 5. The first-order valence-electron chi connectivity index (χ1n) is 16.3. The van der Waals surface area contributed by atoms with Crippen LogP contribution < -0.4 is 21.4 Å². The Morgan fingerprint density at radius 1 is 1.04 bits per heavy atom. The first-order valence-corrected chi connectivity index (χ1v) is 17.8. The molecule has 3 fully saturated rings. The monoisotopic (exact) mass is 644 g/mol. The molecule has 3 aliphatic rings. The number of aryl methyl sites for hydroxylation is 1. The van der Waals surface area contributed by atoms with Crippen molar-refractivity contribution in [1.29, 1.82) is 0 Å². The van der Waals surface area contributed by atoms with Crippen LogP contribution in [0.2, 0.25) is 0 Å². The van der Waals surface area contributed by atoms with Crippen molar-refractivity contribution in [2.75, 3.05) is 20.3 Å². The zero-order valence-electron chi connectivity index (χ0n) is 26.2. The molecule has 2 aliphatic carbocycles. The summed E-state index contributed by atoms with van der Waals surface area (Å²) in [6, 6.07) is 4.29. The molecule has 2 atom stereocenters. The molecule has 246 valence electrons. The molecule has 12 nitrogen and oxygen atoms in total. The first-order chi connectivity index (χ1) is 21.6. The van der Waals surface area contributed by atoms with E-state index >= 15 is 0 Å². The van der Waals surface area contributed by atoms with Crippen LogP contribution in [0.3, 0.4) is 0 Å². The molecule has 45 heavy (non-hydrogen) atoms. The van der Waals surface area contributed by atoms with Crippen molar-refractivity contribution in [3.8, 4) is 0 Å². The fourth-order valence-corrected chi connectivity index (χ4v) is 8.80. The Morgan fingerprint density at radius 2 is 1.73 bits per heavy atom. The Labute approximate surface area is 262 Å². The Morgan fingerprint density at radius 3 is 2.36 bits per heavy atom. The molecule has 1 aromatic carbocycles. The van der Waals surface area contributed by atoms with Crippen LogP contribution in [0.15, 0.2) is 32.7 Å². The summed E-state index contributed by atoms with van der Waals surface area (Å²) < 4.78 is 45.3. The number of hydrogen-bond donors (Lipinski definition) is 3. The molecule has 2 aromatic heterocycles. The third-order valence-electron chi connectivity index (χ3n) is 9.99. The number of sulfonamides is 1. The summed E-state index contributed by atoms with van der Waals surface area (Å²) in [5.41, 5.74) is 1.64. The van der Waals surface area contributed by atoms with Gasteiger partial charge >= 0.3 is 5.69 Å². The van der Waals surface area contributed by atoms with Gasteiger partial charge in [-0.25, -0.2) is 32.3 Å². The minimum absolute atomic E-state index is 0.00199. The van der Waals surface area contributed by atoms with Crippen molar-refractivity contribution in [3.05, 3.63) is 50.7 Å². The van der Waals surface area contributed by atoms with Crippen LogP contribution in [0.4, 0.5) is 4.39 Å². The summed E-state index contributed by atoms with van der Waals surface area (Å²) in [6.45, 7) is 1.79. The number of aromatic nitrogens is 5. The second-order valence-electron chi connectivity index (χ2n) is 13.4. The molecule has 0 amide bonds. The third kappa shape index (κ3) is 6.79. The number of halogens is 1. The smallest absolute Gasteiger partial charge is 0.285 e. The predicted octanol–water partition coefficient (Wildman–Crippen LogP) is 2.99. The first kappa shape index (κ1) is 32.0. The number of hydrazine groups is 1. The molecule has 1 aliphatic heterocycles. The maximum Gasteiger partial charge on any atom is 0.331 e. The Hall–Kier alpha value is -2.94. The number of hydrogen-bond acceptors (Lipinski definition) is 8. The number of H-pyrrole nitrogens is 1. The minimum atomic E-state index is -4.10. The SMILES string of the molecule is Cc1nc(Cn2c(=O)n(CC3CNN(C)C3C3CCCCCCCCC3)c(=O)c3cc(S(=O)(=O)NC4(CF)CC4)ccc32)n[nH]1. The molecule has 3 aromatic rings. The summed E-state index contributed by atoms with van der Waals surface area (Å²) in [6.07, 6.45) is 11.7. The van der Waals surface area contributed by atoms with Crippen molar-refractivity contribution in [2.45, 2.75) is 107 Å². The predicted molar refractivity (Wildman–Crippen MR) is 169 cm³/mol. The lowest BCUT2D eigenvalue weighted by atomic mass is 9.81. The Bertz CT molecular complexity index is 1740. The highest BCUT2D eigenvalue weighted by molar-refractivity contribution is 7.89. The van der Waals surface area contributed by atoms with Crippen molar-refractivity contribution in [1.82, 2.24) is 39.5 Å². The molecule has 2 unspecified atom stereocenters. The van der Waals surface area contributed by atoms with Crippen LogP contribution in [0.1, 0.15) is 82.3 Å². The number of alkyl halides is 1. The van der Waals surface area contributed by atoms with Crippen LogP contribution in [0.25, 0.3) is 10.9 Å². The second-order valence-corrected chi connectivity index (χ2v) is 15.0. The van der Waals surface area contributed by atoms with Gasteiger partial charge in [0.15, 0.2) is 5.82 Å². The van der Waals surface area contributed by atoms with E-state index in [-0.39, 0.29) is 35.3 Å². The van der Waals surface area contributed by atoms with Gasteiger partial charge in [0.05, 0.1) is 27.9 Å². The highest BCUT2D eigenvalue weighted by Gasteiger charge is 2.46. The molecule has 3 heterocycles. The van der Waals surface area contributed by atoms with Gasteiger partial charge in [0.2, 0.25) is 10.0 Å². The van der Waals surface area contributed by atoms with Gasteiger partial charge in [-0.05, 0) is 56.7 Å². The molecule has 2 saturated carbocycles. The van der Waals surface area contributed by atoms with Gasteiger partial charge in [0.25, 0.3) is 5.56 Å². The highest BCUT2D eigenvalue weighted by Crippen LogP contribution is 2.37. The van der Waals surface area contributed by atoms with Crippen LogP contribution in [0, 0.1) is 18.8 Å². The zero-order valence-corrected chi connectivity index (χ0v) is 27.0. The Balaban J connectivity index is 1.40. The normalized spacial score (nSPS) is 23.4. The lowest BCUT2D eigenvalue weighted by Gasteiger charge is -2.33. The molecule has 3 N–H and O–H groups in total. The summed E-state index contributed by atoms with van der Waals surface area (Å²) in [7, 11) is -2.06. The van der Waals surface area contributed by atoms with Gasteiger partial charge in [0, 0.05) is 32.1 Å². The topological polar surface area (TPSA) is 147 Å². The van der Waals surface area contributed by atoms with Gasteiger partial charge in [-0.3, -0.25) is 24.5 Å². The molecular weight excluding hydrogens is 599 g/mol. The number of nitrogens with one attached hydrogen (secondary N) is 3. The van der Waals surface area contributed by atoms with Crippen LogP contribution >= 0.6 is 0 Å². The highest BCUT2D eigenvalue weighted by atomic mass is 32.2. The minimum Gasteiger partial charge on any atom is -0.285 e. The van der Waals surface area contributed by atoms with Crippen LogP contribution in [-0.4, -0.2) is 69.6 Å². The van der Waals surface area contributed by atoms with E-state index in [2.05, 4.69) is 30.3 Å². The molecule has 1 saturated heterocycles. The summed E-state index contributed by atoms with van der Waals surface area (Å²) in [5.74, 6) is 1.40. The summed E-state index contributed by atoms with van der Waals surface area (Å²) >= 11 is 0. The van der Waals surface area contributed by atoms with Gasteiger partial charge in [-0.1, -0.05) is 44.9 Å². The fraction of sp³-hybridized carbons (Fsp3) is 0.677. The molecule has 14 heteroatoms. The lowest BCUT2D eigenvalue weighted by Crippen LogP contribution is -2.46.